The SMILES string of the molecule is CC[C@](CNC(=O)C(=O)Nc1cc(Cl)ccc1OC)(OC)c1ccccc1. The first kappa shape index (κ1) is 20.7. The van der Waals surface area contributed by atoms with E-state index in [0.717, 1.165) is 5.56 Å². The van der Waals surface area contributed by atoms with Gasteiger partial charge >= 0.3 is 11.8 Å². The molecule has 2 aromatic carbocycles. The van der Waals surface area contributed by atoms with Gasteiger partial charge in [-0.1, -0.05) is 48.9 Å². The van der Waals surface area contributed by atoms with E-state index in [2.05, 4.69) is 10.6 Å². The van der Waals surface area contributed by atoms with E-state index in [0.29, 0.717) is 22.9 Å². The number of hydrogen-bond acceptors (Lipinski definition) is 4. The molecule has 0 unspecified atom stereocenters. The van der Waals surface area contributed by atoms with Crippen LogP contribution in [-0.2, 0) is 19.9 Å². The van der Waals surface area contributed by atoms with Gasteiger partial charge in [-0.25, -0.2) is 0 Å². The zero-order chi connectivity index (χ0) is 19.9. The molecule has 0 spiro atoms. The highest BCUT2D eigenvalue weighted by Gasteiger charge is 2.31. The van der Waals surface area contributed by atoms with E-state index in [9.17, 15) is 9.59 Å². The first-order valence-electron chi connectivity index (χ1n) is 8.49. The Hall–Kier alpha value is -2.57. The van der Waals surface area contributed by atoms with Gasteiger partial charge in [0, 0.05) is 12.1 Å². The van der Waals surface area contributed by atoms with E-state index in [1.54, 1.807) is 19.2 Å². The Morgan fingerprint density at radius 3 is 2.37 bits per heavy atom. The Balaban J connectivity index is 2.08. The highest BCUT2D eigenvalue weighted by molar-refractivity contribution is 6.40. The highest BCUT2D eigenvalue weighted by Crippen LogP contribution is 2.29. The molecule has 0 aliphatic rings. The predicted octanol–water partition coefficient (Wildman–Crippen LogP) is 3.36. The largest absolute Gasteiger partial charge is 0.495 e. The lowest BCUT2D eigenvalue weighted by Crippen LogP contribution is -2.45. The van der Waals surface area contributed by atoms with Gasteiger partial charge < -0.3 is 20.1 Å². The van der Waals surface area contributed by atoms with Gasteiger partial charge in [-0.05, 0) is 30.2 Å². The van der Waals surface area contributed by atoms with Crippen LogP contribution in [0.1, 0.15) is 18.9 Å². The molecule has 0 bridgehead atoms. The van der Waals surface area contributed by atoms with Crippen molar-refractivity contribution >= 4 is 29.1 Å². The number of carbonyl (C=O) groups excluding carboxylic acids is 2. The van der Waals surface area contributed by atoms with Crippen molar-refractivity contribution in [1.82, 2.24) is 5.32 Å². The van der Waals surface area contributed by atoms with E-state index >= 15 is 0 Å². The number of amides is 2. The fourth-order valence-electron chi connectivity index (χ4n) is 2.77. The maximum Gasteiger partial charge on any atom is 0.313 e. The minimum atomic E-state index is -0.815. The Morgan fingerprint density at radius 1 is 1.07 bits per heavy atom. The number of benzene rings is 2. The molecular weight excluding hydrogens is 368 g/mol. The topological polar surface area (TPSA) is 76.7 Å². The monoisotopic (exact) mass is 390 g/mol. The van der Waals surface area contributed by atoms with Crippen LogP contribution in [0.15, 0.2) is 48.5 Å². The second-order valence-electron chi connectivity index (χ2n) is 5.90. The highest BCUT2D eigenvalue weighted by atomic mass is 35.5. The quantitative estimate of drug-likeness (QED) is 0.711. The molecule has 2 aromatic rings. The maximum absolute atomic E-state index is 12.3. The summed E-state index contributed by atoms with van der Waals surface area (Å²) in [6, 6.07) is 14.3. The number of ether oxygens (including phenoxy) is 2. The molecule has 0 aliphatic carbocycles. The molecule has 0 heterocycles. The molecule has 2 amide bonds. The summed E-state index contributed by atoms with van der Waals surface area (Å²) in [5.41, 5.74) is 0.527. The maximum atomic E-state index is 12.3. The molecule has 0 radical (unpaired) electrons. The van der Waals surface area contributed by atoms with Crippen LogP contribution in [0.2, 0.25) is 5.02 Å². The van der Waals surface area contributed by atoms with Gasteiger partial charge in [0.25, 0.3) is 0 Å². The first-order valence-corrected chi connectivity index (χ1v) is 8.87. The van der Waals surface area contributed by atoms with Crippen LogP contribution in [0.4, 0.5) is 5.69 Å². The van der Waals surface area contributed by atoms with Crippen molar-refractivity contribution in [3.8, 4) is 5.75 Å². The van der Waals surface area contributed by atoms with Gasteiger partial charge in [0.2, 0.25) is 0 Å². The minimum Gasteiger partial charge on any atom is -0.495 e. The molecule has 2 N–H and O–H groups in total. The van der Waals surface area contributed by atoms with Crippen molar-refractivity contribution in [2.24, 2.45) is 0 Å². The van der Waals surface area contributed by atoms with Gasteiger partial charge in [0.05, 0.1) is 19.3 Å². The predicted molar refractivity (Wildman–Crippen MR) is 105 cm³/mol. The summed E-state index contributed by atoms with van der Waals surface area (Å²) in [6.45, 7) is 2.11. The van der Waals surface area contributed by atoms with Gasteiger partial charge in [0.15, 0.2) is 0 Å². The molecule has 0 aliphatic heterocycles. The average Bonchev–Trinajstić information content (AvgIpc) is 2.70. The molecule has 144 valence electrons. The lowest BCUT2D eigenvalue weighted by molar-refractivity contribution is -0.137. The Kier molecular flexibility index (Phi) is 7.21. The minimum absolute atomic E-state index is 0.156. The Morgan fingerprint density at radius 2 is 1.78 bits per heavy atom. The number of rotatable bonds is 7. The van der Waals surface area contributed by atoms with Crippen molar-refractivity contribution in [1.29, 1.82) is 0 Å². The fourth-order valence-corrected chi connectivity index (χ4v) is 2.94. The molecule has 2 rings (SSSR count). The van der Waals surface area contributed by atoms with Crippen LogP contribution in [0.25, 0.3) is 0 Å². The summed E-state index contributed by atoms with van der Waals surface area (Å²) in [5.74, 6) is -1.18. The van der Waals surface area contributed by atoms with Crippen LogP contribution in [-0.4, -0.2) is 32.6 Å². The lowest BCUT2D eigenvalue weighted by Gasteiger charge is -2.32. The summed E-state index contributed by atoms with van der Waals surface area (Å²) in [6.07, 6.45) is 0.623. The molecule has 1 atom stereocenters. The smallest absolute Gasteiger partial charge is 0.313 e. The third kappa shape index (κ3) is 4.99. The van der Waals surface area contributed by atoms with Crippen molar-refractivity contribution in [2.75, 3.05) is 26.1 Å². The molecule has 27 heavy (non-hydrogen) atoms. The Bertz CT molecular complexity index is 792. The normalized spacial score (nSPS) is 12.7. The van der Waals surface area contributed by atoms with Crippen LogP contribution >= 0.6 is 11.6 Å². The second-order valence-corrected chi connectivity index (χ2v) is 6.34. The van der Waals surface area contributed by atoms with Crippen LogP contribution in [0, 0.1) is 0 Å². The molecule has 0 saturated carbocycles. The summed E-state index contributed by atoms with van der Waals surface area (Å²) in [5, 5.41) is 5.58. The van der Waals surface area contributed by atoms with E-state index in [4.69, 9.17) is 21.1 Å². The molecule has 0 aromatic heterocycles. The third-order valence-corrected chi connectivity index (χ3v) is 4.65. The molecule has 6 nitrogen and oxygen atoms in total. The summed E-state index contributed by atoms with van der Waals surface area (Å²) in [4.78, 5) is 24.5. The van der Waals surface area contributed by atoms with Gasteiger partial charge in [-0.2, -0.15) is 0 Å². The number of hydrogen-bond donors (Lipinski definition) is 2. The number of methoxy groups -OCH3 is 2. The summed E-state index contributed by atoms with van der Waals surface area (Å²) in [7, 11) is 3.05. The van der Waals surface area contributed by atoms with Gasteiger partial charge in [-0.15, -0.1) is 0 Å². The van der Waals surface area contributed by atoms with Crippen molar-refractivity contribution in [3.05, 3.63) is 59.1 Å². The number of nitrogens with one attached hydrogen (secondary N) is 2. The molecule has 7 heteroatoms. The zero-order valence-corrected chi connectivity index (χ0v) is 16.3. The fraction of sp³-hybridized carbons (Fsp3) is 0.300. The number of halogens is 1. The van der Waals surface area contributed by atoms with Crippen LogP contribution in [0.3, 0.4) is 0 Å². The number of anilines is 1. The van der Waals surface area contributed by atoms with Gasteiger partial charge in [0.1, 0.15) is 11.4 Å². The lowest BCUT2D eigenvalue weighted by atomic mass is 9.90. The van der Waals surface area contributed by atoms with Crippen molar-refractivity contribution in [3.63, 3.8) is 0 Å². The molecular formula is C20H23ClN2O4. The second kappa shape index (κ2) is 9.39. The van der Waals surface area contributed by atoms with Crippen LogP contribution < -0.4 is 15.4 Å². The first-order chi connectivity index (χ1) is 13.0. The van der Waals surface area contributed by atoms with E-state index < -0.39 is 17.4 Å². The zero-order valence-electron chi connectivity index (χ0n) is 15.5. The molecule has 0 saturated heterocycles. The van der Waals surface area contributed by atoms with Crippen molar-refractivity contribution in [2.45, 2.75) is 18.9 Å². The van der Waals surface area contributed by atoms with Crippen molar-refractivity contribution < 1.29 is 19.1 Å². The Labute approximate surface area is 163 Å². The van der Waals surface area contributed by atoms with E-state index in [1.165, 1.54) is 13.2 Å². The number of carbonyl (C=O) groups is 2. The third-order valence-electron chi connectivity index (χ3n) is 4.41. The summed E-state index contributed by atoms with van der Waals surface area (Å²) >= 11 is 5.94. The van der Waals surface area contributed by atoms with E-state index in [-0.39, 0.29) is 6.54 Å². The summed E-state index contributed by atoms with van der Waals surface area (Å²) < 4.78 is 10.9. The van der Waals surface area contributed by atoms with E-state index in [1.807, 2.05) is 37.3 Å². The van der Waals surface area contributed by atoms with Gasteiger partial charge in [-0.3, -0.25) is 9.59 Å². The van der Waals surface area contributed by atoms with Crippen LogP contribution in [0.5, 0.6) is 5.75 Å². The molecule has 0 fully saturated rings. The average molecular weight is 391 g/mol. The standard InChI is InChI=1S/C20H23ClN2O4/c1-4-20(27-3,14-8-6-5-7-9-14)13-22-18(24)19(25)23-16-12-15(21)10-11-17(16)26-2/h5-12H,4,13H2,1-3H3,(H,22,24)(H,23,25)/t20-/m1/s1.